The molecule has 0 saturated carbocycles. The minimum atomic E-state index is -1.58. The molecule has 1 aliphatic heterocycles. The van der Waals surface area contributed by atoms with E-state index in [-0.39, 0.29) is 18.5 Å². The van der Waals surface area contributed by atoms with Gasteiger partial charge in [0.2, 0.25) is 5.91 Å². The molecule has 1 aliphatic rings. The number of ether oxygens (including phenoxy) is 3. The molecule has 0 spiro atoms. The SMILES string of the molecule is C/C=C/CC/C=C/CC/C=C/C(O)C(COC1OC(CO)C(O)C(O)C1O)NC(=O)CCCCCCCCCCCCCCCCCCC/C=C\C/C=C\CCCCCCCCCCCOC(=O)CCCCCCC/C=C\CCCCCCCC. The molecule has 11 nitrogen and oxygen atoms in total. The van der Waals surface area contributed by atoms with Crippen LogP contribution in [0.15, 0.2) is 72.9 Å². The van der Waals surface area contributed by atoms with Crippen LogP contribution in [0.25, 0.3) is 0 Å². The first-order valence-electron chi connectivity index (χ1n) is 35.7. The lowest BCUT2D eigenvalue weighted by Crippen LogP contribution is -2.60. The molecule has 494 valence electrons. The number of unbranched alkanes of at least 4 members (excludes halogenated alkanes) is 39. The molecule has 85 heavy (non-hydrogen) atoms. The van der Waals surface area contributed by atoms with Crippen LogP contribution >= 0.6 is 0 Å². The Hall–Kier alpha value is -2.90. The molecule has 1 rings (SSSR count). The monoisotopic (exact) mass is 1200 g/mol. The summed E-state index contributed by atoms with van der Waals surface area (Å²) >= 11 is 0. The van der Waals surface area contributed by atoms with E-state index in [4.69, 9.17) is 14.2 Å². The van der Waals surface area contributed by atoms with E-state index in [1.54, 1.807) is 6.08 Å². The number of amides is 1. The fraction of sp³-hybridized carbons (Fsp3) is 0.811. The summed E-state index contributed by atoms with van der Waals surface area (Å²) in [5.74, 6) is -0.200. The third-order valence-corrected chi connectivity index (χ3v) is 16.6. The fourth-order valence-electron chi connectivity index (χ4n) is 11.0. The molecule has 0 aliphatic carbocycles. The van der Waals surface area contributed by atoms with Gasteiger partial charge in [0.1, 0.15) is 24.4 Å². The maximum atomic E-state index is 13.0. The molecule has 6 N–H and O–H groups in total. The smallest absolute Gasteiger partial charge is 0.305 e. The Labute approximate surface area is 521 Å². The molecular weight excluding hydrogens is 1060 g/mol. The Balaban J connectivity index is 1.91. The van der Waals surface area contributed by atoms with E-state index in [1.807, 2.05) is 19.1 Å². The van der Waals surface area contributed by atoms with Gasteiger partial charge >= 0.3 is 5.97 Å². The van der Waals surface area contributed by atoms with Crippen molar-refractivity contribution in [1.82, 2.24) is 5.32 Å². The summed E-state index contributed by atoms with van der Waals surface area (Å²) in [7, 11) is 0. The van der Waals surface area contributed by atoms with Gasteiger partial charge in [0.05, 0.1) is 32.0 Å². The molecule has 11 heteroatoms. The van der Waals surface area contributed by atoms with Crippen LogP contribution in [0.3, 0.4) is 0 Å². The molecular formula is C74H133NO10. The van der Waals surface area contributed by atoms with Crippen LogP contribution in [-0.2, 0) is 23.8 Å². The lowest BCUT2D eigenvalue weighted by molar-refractivity contribution is -0.302. The summed E-state index contributed by atoms with van der Waals surface area (Å²) in [5, 5.41) is 54.2. The molecule has 0 radical (unpaired) electrons. The highest BCUT2D eigenvalue weighted by atomic mass is 16.7. The van der Waals surface area contributed by atoms with Crippen LogP contribution in [0, 0.1) is 0 Å². The van der Waals surface area contributed by atoms with Crippen molar-refractivity contribution in [2.45, 2.75) is 365 Å². The lowest BCUT2D eigenvalue weighted by atomic mass is 9.99. The van der Waals surface area contributed by atoms with Crippen LogP contribution in [-0.4, -0.2) is 100 Å². The van der Waals surface area contributed by atoms with Crippen LogP contribution < -0.4 is 5.32 Å². The van der Waals surface area contributed by atoms with Gasteiger partial charge in [-0.2, -0.15) is 0 Å². The predicted octanol–water partition coefficient (Wildman–Crippen LogP) is 18.3. The molecule has 7 unspecified atom stereocenters. The maximum Gasteiger partial charge on any atom is 0.305 e. The van der Waals surface area contributed by atoms with Gasteiger partial charge in [0, 0.05) is 12.8 Å². The predicted molar refractivity (Wildman–Crippen MR) is 356 cm³/mol. The van der Waals surface area contributed by atoms with E-state index >= 15 is 0 Å². The third kappa shape index (κ3) is 51.7. The number of esters is 1. The number of carbonyl (C=O) groups excluding carboxylic acids is 2. The largest absolute Gasteiger partial charge is 0.466 e. The highest BCUT2D eigenvalue weighted by Gasteiger charge is 2.44. The number of allylic oxidation sites excluding steroid dienone is 11. The normalized spacial score (nSPS) is 18.4. The number of aliphatic hydroxyl groups excluding tert-OH is 5. The summed E-state index contributed by atoms with van der Waals surface area (Å²) in [6.45, 7) is 4.10. The number of aliphatic hydroxyl groups is 5. The molecule has 0 aromatic heterocycles. The highest BCUT2D eigenvalue weighted by molar-refractivity contribution is 5.76. The first kappa shape index (κ1) is 80.1. The fourth-order valence-corrected chi connectivity index (χ4v) is 11.0. The number of rotatable bonds is 62. The second-order valence-electron chi connectivity index (χ2n) is 24.6. The second kappa shape index (κ2) is 62.7. The third-order valence-electron chi connectivity index (χ3n) is 16.6. The molecule has 7 atom stereocenters. The van der Waals surface area contributed by atoms with Crippen molar-refractivity contribution in [3.05, 3.63) is 72.9 Å². The Morgan fingerprint density at radius 1 is 0.459 bits per heavy atom. The summed E-state index contributed by atoms with van der Waals surface area (Å²) < 4.78 is 16.7. The van der Waals surface area contributed by atoms with Gasteiger partial charge in [-0.3, -0.25) is 9.59 Å². The van der Waals surface area contributed by atoms with Crippen molar-refractivity contribution in [3.8, 4) is 0 Å². The number of hydrogen-bond donors (Lipinski definition) is 6. The first-order valence-corrected chi connectivity index (χ1v) is 35.7. The summed E-state index contributed by atoms with van der Waals surface area (Å²) in [4.78, 5) is 25.1. The maximum absolute atomic E-state index is 13.0. The molecule has 0 aromatic carbocycles. The summed E-state index contributed by atoms with van der Waals surface area (Å²) in [6, 6.07) is -0.833. The quantitative estimate of drug-likeness (QED) is 0.0195. The summed E-state index contributed by atoms with van der Waals surface area (Å²) in [6.07, 6.45) is 75.1. The van der Waals surface area contributed by atoms with Crippen molar-refractivity contribution in [1.29, 1.82) is 0 Å². The van der Waals surface area contributed by atoms with E-state index in [9.17, 15) is 35.1 Å². The number of nitrogens with one attached hydrogen (secondary N) is 1. The van der Waals surface area contributed by atoms with Crippen molar-refractivity contribution in [2.75, 3.05) is 19.8 Å². The molecule has 1 amide bonds. The van der Waals surface area contributed by atoms with Gasteiger partial charge in [-0.1, -0.05) is 272 Å². The highest BCUT2D eigenvalue weighted by Crippen LogP contribution is 2.23. The standard InChI is InChI=1S/C74H133NO10/c1-3-5-7-9-11-13-14-15-35-39-42-46-50-54-58-62-70(79)83-63-59-55-51-47-43-40-37-34-32-30-28-26-24-22-20-18-16-17-19-21-23-25-27-29-31-33-36-38-41-45-49-53-57-61-69(78)75-66(67(77)60-56-52-48-44-12-10-8-6-4-2)65-84-74-73(82)72(81)71(80)68(64-76)85-74/h4,6,12,15,20,22,26,28,35,44,56,60,66-68,71-74,76-77,80-82H,3,5,7-11,13-14,16-19,21,23-25,27,29-34,36-43,45-55,57-59,61-65H2,1-2H3,(H,75,78)/b6-4+,22-20-,28-26-,35-15-,44-12+,60-56+. The van der Waals surface area contributed by atoms with Crippen LogP contribution in [0.4, 0.5) is 0 Å². The average molecular weight is 1200 g/mol. The Morgan fingerprint density at radius 2 is 0.847 bits per heavy atom. The lowest BCUT2D eigenvalue weighted by Gasteiger charge is -2.40. The van der Waals surface area contributed by atoms with Gasteiger partial charge in [-0.15, -0.1) is 0 Å². The van der Waals surface area contributed by atoms with E-state index in [2.05, 4.69) is 66.9 Å². The van der Waals surface area contributed by atoms with Gasteiger partial charge in [0.15, 0.2) is 6.29 Å². The minimum absolute atomic E-state index is 0.00184. The van der Waals surface area contributed by atoms with Gasteiger partial charge in [-0.05, 0) is 110 Å². The van der Waals surface area contributed by atoms with Crippen molar-refractivity contribution < 1.29 is 49.3 Å². The zero-order chi connectivity index (χ0) is 61.6. The minimum Gasteiger partial charge on any atom is -0.466 e. The Morgan fingerprint density at radius 3 is 1.31 bits per heavy atom. The van der Waals surface area contributed by atoms with Crippen LogP contribution in [0.2, 0.25) is 0 Å². The van der Waals surface area contributed by atoms with Gasteiger partial charge in [-0.25, -0.2) is 0 Å². The van der Waals surface area contributed by atoms with E-state index in [0.29, 0.717) is 19.4 Å². The average Bonchev–Trinajstić information content (AvgIpc) is 3.62. The molecule has 1 fully saturated rings. The Bertz CT molecular complexity index is 1640. The second-order valence-corrected chi connectivity index (χ2v) is 24.6. The molecule has 0 aromatic rings. The topological polar surface area (TPSA) is 175 Å². The van der Waals surface area contributed by atoms with E-state index in [1.165, 1.54) is 225 Å². The van der Waals surface area contributed by atoms with E-state index < -0.39 is 49.5 Å². The molecule has 1 saturated heterocycles. The van der Waals surface area contributed by atoms with E-state index in [0.717, 1.165) is 70.6 Å². The Kier molecular flexibility index (Phi) is 59.1. The van der Waals surface area contributed by atoms with Gasteiger partial charge < -0.3 is 45.1 Å². The molecule has 0 bridgehead atoms. The first-order chi connectivity index (χ1) is 41.7. The molecule has 1 heterocycles. The van der Waals surface area contributed by atoms with Crippen LogP contribution in [0.5, 0.6) is 0 Å². The van der Waals surface area contributed by atoms with Crippen LogP contribution in [0.1, 0.15) is 322 Å². The summed E-state index contributed by atoms with van der Waals surface area (Å²) in [5.41, 5.74) is 0. The number of hydrogen-bond acceptors (Lipinski definition) is 10. The van der Waals surface area contributed by atoms with Crippen molar-refractivity contribution >= 4 is 11.9 Å². The number of carbonyl (C=O) groups is 2. The van der Waals surface area contributed by atoms with Crippen molar-refractivity contribution in [3.63, 3.8) is 0 Å². The van der Waals surface area contributed by atoms with Crippen molar-refractivity contribution in [2.24, 2.45) is 0 Å². The van der Waals surface area contributed by atoms with Gasteiger partial charge in [0.25, 0.3) is 0 Å². The zero-order valence-corrected chi connectivity index (χ0v) is 54.8. The zero-order valence-electron chi connectivity index (χ0n) is 54.8.